The van der Waals surface area contributed by atoms with E-state index in [0.29, 0.717) is 5.69 Å². The van der Waals surface area contributed by atoms with Gasteiger partial charge in [0.15, 0.2) is 0 Å². The first-order chi connectivity index (χ1) is 10.3. The maximum absolute atomic E-state index is 5.95. The molecule has 0 fully saturated rings. The number of nitrogen functional groups attached to an aromatic ring is 1. The highest BCUT2D eigenvalue weighted by Crippen LogP contribution is 2.26. The fourth-order valence-corrected chi connectivity index (χ4v) is 2.28. The molecule has 0 saturated carbocycles. The van der Waals surface area contributed by atoms with E-state index in [1.807, 2.05) is 18.2 Å². The van der Waals surface area contributed by atoms with Gasteiger partial charge in [0.05, 0.1) is 17.6 Å². The Hall–Kier alpha value is -2.81. The van der Waals surface area contributed by atoms with Crippen molar-refractivity contribution < 1.29 is 0 Å². The highest BCUT2D eigenvalue weighted by molar-refractivity contribution is 5.73. The molecule has 3 aromatic rings. The van der Waals surface area contributed by atoms with Crippen LogP contribution in [0.25, 0.3) is 0 Å². The van der Waals surface area contributed by atoms with Crippen molar-refractivity contribution in [3.05, 3.63) is 84.2 Å². The van der Waals surface area contributed by atoms with E-state index in [-0.39, 0.29) is 0 Å². The van der Waals surface area contributed by atoms with Crippen LogP contribution in [0.15, 0.2) is 73.1 Å². The number of para-hydroxylation sites is 1. The van der Waals surface area contributed by atoms with Crippen molar-refractivity contribution in [2.24, 2.45) is 0 Å². The van der Waals surface area contributed by atoms with E-state index in [9.17, 15) is 0 Å². The summed E-state index contributed by atoms with van der Waals surface area (Å²) < 4.78 is 0. The molecule has 0 bridgehead atoms. The first kappa shape index (κ1) is 13.2. The number of anilines is 3. The van der Waals surface area contributed by atoms with Crippen LogP contribution in [0.5, 0.6) is 0 Å². The number of nitrogens with one attached hydrogen (secondary N) is 1. The van der Waals surface area contributed by atoms with Gasteiger partial charge in [0.1, 0.15) is 0 Å². The predicted molar refractivity (Wildman–Crippen MR) is 87.6 cm³/mol. The van der Waals surface area contributed by atoms with Gasteiger partial charge in [-0.1, -0.05) is 48.5 Å². The van der Waals surface area contributed by atoms with Crippen molar-refractivity contribution in [2.45, 2.75) is 6.42 Å². The SMILES string of the molecule is Nc1cnccc1Nc1ccccc1Cc1ccccc1. The van der Waals surface area contributed by atoms with E-state index < -0.39 is 0 Å². The summed E-state index contributed by atoms with van der Waals surface area (Å²) in [6, 6.07) is 20.6. The average molecular weight is 275 g/mol. The summed E-state index contributed by atoms with van der Waals surface area (Å²) in [6.07, 6.45) is 4.27. The van der Waals surface area contributed by atoms with Crippen molar-refractivity contribution in [1.29, 1.82) is 0 Å². The smallest absolute Gasteiger partial charge is 0.0739 e. The number of rotatable bonds is 4. The monoisotopic (exact) mass is 275 g/mol. The van der Waals surface area contributed by atoms with Crippen LogP contribution in [0.1, 0.15) is 11.1 Å². The topological polar surface area (TPSA) is 50.9 Å². The second-order valence-electron chi connectivity index (χ2n) is 4.91. The number of nitrogens with zero attached hydrogens (tertiary/aromatic N) is 1. The van der Waals surface area contributed by atoms with Gasteiger partial charge in [-0.15, -0.1) is 0 Å². The predicted octanol–water partition coefficient (Wildman–Crippen LogP) is 4.00. The summed E-state index contributed by atoms with van der Waals surface area (Å²) in [6.45, 7) is 0. The van der Waals surface area contributed by atoms with Crippen LogP contribution < -0.4 is 11.1 Å². The largest absolute Gasteiger partial charge is 0.396 e. The molecule has 2 aromatic carbocycles. The highest BCUT2D eigenvalue weighted by atomic mass is 14.9. The molecule has 0 spiro atoms. The van der Waals surface area contributed by atoms with Gasteiger partial charge < -0.3 is 11.1 Å². The van der Waals surface area contributed by atoms with E-state index in [4.69, 9.17) is 5.73 Å². The molecule has 0 atom stereocenters. The van der Waals surface area contributed by atoms with Crippen molar-refractivity contribution in [3.63, 3.8) is 0 Å². The summed E-state index contributed by atoms with van der Waals surface area (Å²) in [4.78, 5) is 4.01. The van der Waals surface area contributed by atoms with E-state index >= 15 is 0 Å². The van der Waals surface area contributed by atoms with Gasteiger partial charge in [0.2, 0.25) is 0 Å². The molecular formula is C18H17N3. The van der Waals surface area contributed by atoms with E-state index in [0.717, 1.165) is 17.8 Å². The van der Waals surface area contributed by atoms with Crippen LogP contribution >= 0.6 is 0 Å². The number of nitrogens with two attached hydrogens (primary N) is 1. The molecule has 3 heteroatoms. The van der Waals surface area contributed by atoms with Gasteiger partial charge in [-0.3, -0.25) is 4.98 Å². The molecular weight excluding hydrogens is 258 g/mol. The van der Waals surface area contributed by atoms with Crippen molar-refractivity contribution in [2.75, 3.05) is 11.1 Å². The number of aromatic nitrogens is 1. The summed E-state index contributed by atoms with van der Waals surface area (Å²) >= 11 is 0. The van der Waals surface area contributed by atoms with Gasteiger partial charge >= 0.3 is 0 Å². The van der Waals surface area contributed by atoms with Gasteiger partial charge in [-0.2, -0.15) is 0 Å². The fraction of sp³-hybridized carbons (Fsp3) is 0.0556. The molecule has 3 rings (SSSR count). The third-order valence-corrected chi connectivity index (χ3v) is 3.38. The number of pyridine rings is 1. The standard InChI is InChI=1S/C18H17N3/c19-16-13-20-11-10-18(16)21-17-9-5-4-8-15(17)12-14-6-2-1-3-7-14/h1-11,13H,12,19H2,(H,20,21). The Morgan fingerprint density at radius 3 is 2.43 bits per heavy atom. The maximum Gasteiger partial charge on any atom is 0.0739 e. The third kappa shape index (κ3) is 3.20. The molecule has 0 aliphatic carbocycles. The second kappa shape index (κ2) is 6.09. The number of hydrogen-bond donors (Lipinski definition) is 2. The zero-order chi connectivity index (χ0) is 14.5. The van der Waals surface area contributed by atoms with Crippen LogP contribution in [-0.2, 0) is 6.42 Å². The normalized spacial score (nSPS) is 10.3. The van der Waals surface area contributed by atoms with Crippen molar-refractivity contribution >= 4 is 17.1 Å². The lowest BCUT2D eigenvalue weighted by Crippen LogP contribution is -2.00. The lowest BCUT2D eigenvalue weighted by atomic mass is 10.0. The molecule has 1 heterocycles. The summed E-state index contributed by atoms with van der Waals surface area (Å²) in [5.41, 5.74) is 11.1. The Morgan fingerprint density at radius 2 is 1.62 bits per heavy atom. The molecule has 3 nitrogen and oxygen atoms in total. The third-order valence-electron chi connectivity index (χ3n) is 3.38. The Balaban J connectivity index is 1.88. The minimum atomic E-state index is 0.645. The Bertz CT molecular complexity index is 723. The molecule has 1 aromatic heterocycles. The first-order valence-corrected chi connectivity index (χ1v) is 6.91. The molecule has 0 aliphatic rings. The van der Waals surface area contributed by atoms with Gasteiger partial charge in [0, 0.05) is 11.9 Å². The molecule has 0 aliphatic heterocycles. The lowest BCUT2D eigenvalue weighted by Gasteiger charge is -2.13. The first-order valence-electron chi connectivity index (χ1n) is 6.91. The molecule has 0 saturated heterocycles. The zero-order valence-corrected chi connectivity index (χ0v) is 11.7. The molecule has 0 unspecified atom stereocenters. The van der Waals surface area contributed by atoms with Crippen LogP contribution in [0.3, 0.4) is 0 Å². The van der Waals surface area contributed by atoms with Gasteiger partial charge in [-0.05, 0) is 29.7 Å². The Morgan fingerprint density at radius 1 is 0.857 bits per heavy atom. The minimum absolute atomic E-state index is 0.645. The maximum atomic E-state index is 5.95. The lowest BCUT2D eigenvalue weighted by molar-refractivity contribution is 1.19. The molecule has 21 heavy (non-hydrogen) atoms. The highest BCUT2D eigenvalue weighted by Gasteiger charge is 2.05. The van der Waals surface area contributed by atoms with Crippen LogP contribution in [0.4, 0.5) is 17.1 Å². The van der Waals surface area contributed by atoms with Crippen molar-refractivity contribution in [1.82, 2.24) is 4.98 Å². The fourth-order valence-electron chi connectivity index (χ4n) is 2.28. The molecule has 3 N–H and O–H groups in total. The van der Waals surface area contributed by atoms with Crippen LogP contribution in [0.2, 0.25) is 0 Å². The molecule has 104 valence electrons. The Labute approximate surface area is 124 Å². The van der Waals surface area contributed by atoms with E-state index in [2.05, 4.69) is 52.8 Å². The van der Waals surface area contributed by atoms with Crippen molar-refractivity contribution in [3.8, 4) is 0 Å². The van der Waals surface area contributed by atoms with Crippen LogP contribution in [-0.4, -0.2) is 4.98 Å². The summed E-state index contributed by atoms with van der Waals surface area (Å²) in [7, 11) is 0. The molecule has 0 amide bonds. The number of benzene rings is 2. The van der Waals surface area contributed by atoms with Crippen LogP contribution in [0, 0.1) is 0 Å². The second-order valence-corrected chi connectivity index (χ2v) is 4.91. The number of hydrogen-bond acceptors (Lipinski definition) is 3. The summed E-state index contributed by atoms with van der Waals surface area (Å²) in [5.74, 6) is 0. The van der Waals surface area contributed by atoms with E-state index in [1.54, 1.807) is 12.4 Å². The summed E-state index contributed by atoms with van der Waals surface area (Å²) in [5, 5.41) is 3.40. The average Bonchev–Trinajstić information content (AvgIpc) is 2.52. The quantitative estimate of drug-likeness (QED) is 0.756. The van der Waals surface area contributed by atoms with E-state index in [1.165, 1.54) is 11.1 Å². The van der Waals surface area contributed by atoms with Gasteiger partial charge in [-0.25, -0.2) is 0 Å². The van der Waals surface area contributed by atoms with Gasteiger partial charge in [0.25, 0.3) is 0 Å². The minimum Gasteiger partial charge on any atom is -0.396 e. The zero-order valence-electron chi connectivity index (χ0n) is 11.7. The molecule has 0 radical (unpaired) electrons. The Kier molecular flexibility index (Phi) is 3.83.